The Bertz CT molecular complexity index is 730. The largest absolute Gasteiger partial charge is 0.454 e. The molecule has 0 saturated carbocycles. The molecule has 2 aliphatic rings. The lowest BCUT2D eigenvalue weighted by atomic mass is 10.2. The first-order valence-electron chi connectivity index (χ1n) is 8.05. The van der Waals surface area contributed by atoms with Gasteiger partial charge in [-0.05, 0) is 36.5 Å². The number of piperazine rings is 1. The number of nitrogens with one attached hydrogen (secondary N) is 1. The van der Waals surface area contributed by atoms with Gasteiger partial charge in [0.25, 0.3) is 0 Å². The Hall–Kier alpha value is -2.47. The van der Waals surface area contributed by atoms with Crippen LogP contribution in [-0.4, -0.2) is 43.0 Å². The molecule has 6 heteroatoms. The van der Waals surface area contributed by atoms with Crippen LogP contribution in [0.15, 0.2) is 48.5 Å². The molecule has 0 aliphatic carbocycles. The summed E-state index contributed by atoms with van der Waals surface area (Å²) < 4.78 is 10.7. The van der Waals surface area contributed by atoms with E-state index in [1.54, 1.807) is 0 Å². The fourth-order valence-corrected chi connectivity index (χ4v) is 3.28. The fourth-order valence-electron chi connectivity index (χ4n) is 2.98. The highest BCUT2D eigenvalue weighted by molar-refractivity contribution is 7.80. The molecule has 0 bridgehead atoms. The first-order chi connectivity index (χ1) is 11.8. The van der Waals surface area contributed by atoms with Gasteiger partial charge in [-0.2, -0.15) is 0 Å². The molecule has 0 radical (unpaired) electrons. The Labute approximate surface area is 146 Å². The fraction of sp³-hybridized carbons (Fsp3) is 0.278. The lowest BCUT2D eigenvalue weighted by Gasteiger charge is -2.37. The second-order valence-corrected chi connectivity index (χ2v) is 6.19. The van der Waals surface area contributed by atoms with Crippen LogP contribution >= 0.6 is 12.2 Å². The van der Waals surface area contributed by atoms with Crippen LogP contribution in [0, 0.1) is 0 Å². The maximum Gasteiger partial charge on any atom is 0.231 e. The van der Waals surface area contributed by atoms with Gasteiger partial charge in [-0.15, -0.1) is 0 Å². The molecule has 2 heterocycles. The molecule has 1 N–H and O–H groups in total. The van der Waals surface area contributed by atoms with Crippen LogP contribution in [0.2, 0.25) is 0 Å². The van der Waals surface area contributed by atoms with E-state index in [0.29, 0.717) is 0 Å². The van der Waals surface area contributed by atoms with Crippen molar-refractivity contribution in [2.45, 2.75) is 0 Å². The van der Waals surface area contributed by atoms with E-state index in [4.69, 9.17) is 21.7 Å². The minimum atomic E-state index is 0.282. The lowest BCUT2D eigenvalue weighted by molar-refractivity contribution is 0.174. The van der Waals surface area contributed by atoms with Gasteiger partial charge >= 0.3 is 0 Å². The zero-order chi connectivity index (χ0) is 16.4. The normalized spacial score (nSPS) is 16.2. The third kappa shape index (κ3) is 3.10. The van der Waals surface area contributed by atoms with Gasteiger partial charge in [0, 0.05) is 43.6 Å². The van der Waals surface area contributed by atoms with E-state index in [9.17, 15) is 0 Å². The Morgan fingerprint density at radius 1 is 0.917 bits per heavy atom. The van der Waals surface area contributed by atoms with Crippen molar-refractivity contribution < 1.29 is 9.47 Å². The summed E-state index contributed by atoms with van der Waals surface area (Å²) >= 11 is 5.56. The Balaban J connectivity index is 1.35. The Morgan fingerprint density at radius 3 is 2.46 bits per heavy atom. The highest BCUT2D eigenvalue weighted by Crippen LogP contribution is 2.34. The molecule has 0 spiro atoms. The summed E-state index contributed by atoms with van der Waals surface area (Å²) in [6, 6.07) is 16.3. The average molecular weight is 341 g/mol. The van der Waals surface area contributed by atoms with Crippen molar-refractivity contribution in [3.8, 4) is 11.5 Å². The topological polar surface area (TPSA) is 37.0 Å². The van der Waals surface area contributed by atoms with Gasteiger partial charge in [0.05, 0.1) is 0 Å². The van der Waals surface area contributed by atoms with Gasteiger partial charge < -0.3 is 24.6 Å². The summed E-state index contributed by atoms with van der Waals surface area (Å²) in [5.74, 6) is 1.54. The summed E-state index contributed by atoms with van der Waals surface area (Å²) in [4.78, 5) is 4.60. The third-order valence-corrected chi connectivity index (χ3v) is 4.67. The second-order valence-electron chi connectivity index (χ2n) is 5.81. The van der Waals surface area contributed by atoms with Gasteiger partial charge in [-0.25, -0.2) is 0 Å². The van der Waals surface area contributed by atoms with Crippen LogP contribution in [0.5, 0.6) is 11.5 Å². The molecule has 24 heavy (non-hydrogen) atoms. The van der Waals surface area contributed by atoms with Gasteiger partial charge in [0.2, 0.25) is 6.79 Å². The molecule has 2 aromatic rings. The number of thiocarbonyl (C=S) groups is 1. The molecule has 0 atom stereocenters. The van der Waals surface area contributed by atoms with E-state index in [2.05, 4.69) is 39.4 Å². The molecule has 0 amide bonds. The number of ether oxygens (including phenoxy) is 2. The SMILES string of the molecule is S=C(Nc1ccc2c(c1)OCO2)N1CCN(c2ccccc2)CC1. The second kappa shape index (κ2) is 6.57. The number of fused-ring (bicyclic) bond motifs is 1. The molecule has 0 aromatic heterocycles. The summed E-state index contributed by atoms with van der Waals surface area (Å²) in [7, 11) is 0. The summed E-state index contributed by atoms with van der Waals surface area (Å²) in [6.45, 7) is 4.03. The van der Waals surface area contributed by atoms with E-state index in [1.165, 1.54) is 5.69 Å². The van der Waals surface area contributed by atoms with Crippen molar-refractivity contribution in [2.24, 2.45) is 0 Å². The number of anilines is 2. The minimum absolute atomic E-state index is 0.282. The van der Waals surface area contributed by atoms with Crippen molar-refractivity contribution in [2.75, 3.05) is 43.2 Å². The van der Waals surface area contributed by atoms with Gasteiger partial charge in [-0.3, -0.25) is 0 Å². The van der Waals surface area contributed by atoms with Crippen molar-refractivity contribution in [3.63, 3.8) is 0 Å². The van der Waals surface area contributed by atoms with Crippen LogP contribution < -0.4 is 19.7 Å². The van der Waals surface area contributed by atoms with Gasteiger partial charge in [0.1, 0.15) is 0 Å². The summed E-state index contributed by atoms with van der Waals surface area (Å²) in [5, 5.41) is 4.05. The first-order valence-corrected chi connectivity index (χ1v) is 8.46. The molecule has 2 aliphatic heterocycles. The van der Waals surface area contributed by atoms with E-state index in [-0.39, 0.29) is 6.79 Å². The lowest BCUT2D eigenvalue weighted by Crippen LogP contribution is -2.50. The molecular weight excluding hydrogens is 322 g/mol. The molecule has 2 aromatic carbocycles. The van der Waals surface area contributed by atoms with Crippen molar-refractivity contribution >= 4 is 28.7 Å². The first kappa shape index (κ1) is 15.1. The number of para-hydroxylation sites is 1. The van der Waals surface area contributed by atoms with Crippen LogP contribution in [0.4, 0.5) is 11.4 Å². The highest BCUT2D eigenvalue weighted by Gasteiger charge is 2.20. The van der Waals surface area contributed by atoms with Crippen molar-refractivity contribution in [3.05, 3.63) is 48.5 Å². The predicted octanol–water partition coefficient (Wildman–Crippen LogP) is 2.93. The molecule has 5 nitrogen and oxygen atoms in total. The smallest absolute Gasteiger partial charge is 0.231 e. The quantitative estimate of drug-likeness (QED) is 0.847. The van der Waals surface area contributed by atoms with Gasteiger partial charge in [-0.1, -0.05) is 18.2 Å². The number of benzene rings is 2. The van der Waals surface area contributed by atoms with Crippen LogP contribution in [0.25, 0.3) is 0 Å². The number of hydrogen-bond donors (Lipinski definition) is 1. The highest BCUT2D eigenvalue weighted by atomic mass is 32.1. The molecule has 1 fully saturated rings. The van der Waals surface area contributed by atoms with E-state index in [1.807, 2.05) is 24.3 Å². The summed E-state index contributed by atoms with van der Waals surface area (Å²) in [6.07, 6.45) is 0. The van der Waals surface area contributed by atoms with Crippen LogP contribution in [0.3, 0.4) is 0 Å². The van der Waals surface area contributed by atoms with Crippen molar-refractivity contribution in [1.82, 2.24) is 4.90 Å². The Kier molecular flexibility index (Phi) is 4.13. The van der Waals surface area contributed by atoms with E-state index < -0.39 is 0 Å². The van der Waals surface area contributed by atoms with E-state index >= 15 is 0 Å². The van der Waals surface area contributed by atoms with Crippen LogP contribution in [0.1, 0.15) is 0 Å². The van der Waals surface area contributed by atoms with E-state index in [0.717, 1.165) is 48.5 Å². The number of nitrogens with zero attached hydrogens (tertiary/aromatic N) is 2. The molecular formula is C18H19N3O2S. The number of rotatable bonds is 2. The zero-order valence-corrected chi connectivity index (χ0v) is 14.1. The Morgan fingerprint density at radius 2 is 1.67 bits per heavy atom. The summed E-state index contributed by atoms with van der Waals surface area (Å²) in [5.41, 5.74) is 2.20. The standard InChI is InChI=1S/C18H19N3O2S/c24-18(19-14-6-7-16-17(12-14)23-13-22-16)21-10-8-20(9-11-21)15-4-2-1-3-5-15/h1-7,12H,8-11,13H2,(H,19,24). The van der Waals surface area contributed by atoms with Gasteiger partial charge in [0.15, 0.2) is 16.6 Å². The van der Waals surface area contributed by atoms with Crippen molar-refractivity contribution in [1.29, 1.82) is 0 Å². The molecule has 0 unspecified atom stereocenters. The predicted molar refractivity (Wildman–Crippen MR) is 99.0 cm³/mol. The van der Waals surface area contributed by atoms with Crippen LogP contribution in [-0.2, 0) is 0 Å². The average Bonchev–Trinajstić information content (AvgIpc) is 3.10. The zero-order valence-electron chi connectivity index (χ0n) is 13.3. The minimum Gasteiger partial charge on any atom is -0.454 e. The molecule has 124 valence electrons. The maximum absolute atomic E-state index is 5.56. The maximum atomic E-state index is 5.56. The number of hydrogen-bond acceptors (Lipinski definition) is 4. The third-order valence-electron chi connectivity index (χ3n) is 4.31. The monoisotopic (exact) mass is 341 g/mol. The molecule has 1 saturated heterocycles. The molecule has 4 rings (SSSR count).